The van der Waals surface area contributed by atoms with Crippen molar-refractivity contribution >= 4 is 0 Å². The Kier molecular flexibility index (Phi) is 10.4. The normalized spacial score (nSPS) is 12.0. The minimum absolute atomic E-state index is 0. The molecule has 2 unspecified atom stereocenters. The molecule has 32 heavy (non-hydrogen) atoms. The summed E-state index contributed by atoms with van der Waals surface area (Å²) in [5, 5.41) is 17.1. The Balaban J connectivity index is 0.000000398. The van der Waals surface area contributed by atoms with Crippen molar-refractivity contribution in [2.45, 2.75) is 32.5 Å². The first-order valence-electron chi connectivity index (χ1n) is 10.4. The first-order chi connectivity index (χ1) is 15.0. The van der Waals surface area contributed by atoms with Crippen molar-refractivity contribution < 1.29 is 30.3 Å². The molecule has 0 amide bonds. The summed E-state index contributed by atoms with van der Waals surface area (Å²) in [6.45, 7) is 3.32. The number of hydrogen-bond acceptors (Lipinski definition) is 4. The van der Waals surface area contributed by atoms with Crippen LogP contribution in [0.5, 0.6) is 0 Å². The Morgan fingerprint density at radius 2 is 1.31 bits per heavy atom. The summed E-state index contributed by atoms with van der Waals surface area (Å²) in [6, 6.07) is 31.4. The van der Waals surface area contributed by atoms with Crippen LogP contribution in [0.2, 0.25) is 0 Å². The molecule has 1 radical (unpaired) electrons. The maximum Gasteiger partial charge on any atom is 0.0873 e. The standard InChI is InChI=1S/C22H15N2.C5H12O2.Ir/c1-4-10-17(11-5-1)20-16-23-21(18-12-6-2-7-13-18)22(24-20)19-14-8-3-9-15-19;1-4(6)3-5(2)7;/h1-12,14-16H;4-7H,3H2,1-2H3;/q-1;;. The molecule has 0 aliphatic heterocycles. The summed E-state index contributed by atoms with van der Waals surface area (Å²) in [5.41, 5.74) is 5.65. The number of aromatic nitrogens is 2. The van der Waals surface area contributed by atoms with Crippen LogP contribution in [-0.2, 0) is 20.1 Å². The van der Waals surface area contributed by atoms with Gasteiger partial charge < -0.3 is 15.2 Å². The van der Waals surface area contributed by atoms with E-state index in [1.165, 1.54) is 0 Å². The topological polar surface area (TPSA) is 66.2 Å². The zero-order chi connectivity index (χ0) is 22.1. The van der Waals surface area contributed by atoms with Gasteiger partial charge in [0.15, 0.2) is 0 Å². The Labute approximate surface area is 203 Å². The number of aliphatic hydroxyl groups excluding tert-OH is 2. The molecule has 4 rings (SSSR count). The fourth-order valence-electron chi connectivity index (χ4n) is 3.17. The van der Waals surface area contributed by atoms with Gasteiger partial charge in [0.2, 0.25) is 0 Å². The van der Waals surface area contributed by atoms with Crippen LogP contribution in [-0.4, -0.2) is 32.4 Å². The van der Waals surface area contributed by atoms with E-state index in [4.69, 9.17) is 20.2 Å². The van der Waals surface area contributed by atoms with E-state index in [2.05, 4.69) is 18.2 Å². The van der Waals surface area contributed by atoms with Gasteiger partial charge in [-0.2, -0.15) is 0 Å². The van der Waals surface area contributed by atoms with Crippen LogP contribution in [0.1, 0.15) is 20.3 Å². The molecule has 1 heterocycles. The molecule has 2 atom stereocenters. The van der Waals surface area contributed by atoms with Crippen LogP contribution in [0.25, 0.3) is 33.8 Å². The monoisotopic (exact) mass is 604 g/mol. The minimum Gasteiger partial charge on any atom is -0.393 e. The summed E-state index contributed by atoms with van der Waals surface area (Å²) in [6.07, 6.45) is 1.55. The molecular formula is C27H27IrN2O2-. The van der Waals surface area contributed by atoms with Crippen LogP contribution >= 0.6 is 0 Å². The second-order valence-corrected chi connectivity index (χ2v) is 7.39. The summed E-state index contributed by atoms with van der Waals surface area (Å²) in [7, 11) is 0. The number of nitrogens with zero attached hydrogens (tertiary/aromatic N) is 2. The van der Waals surface area contributed by atoms with Crippen molar-refractivity contribution in [2.24, 2.45) is 0 Å². The number of aliphatic hydroxyl groups is 2. The molecular weight excluding hydrogens is 577 g/mol. The first-order valence-corrected chi connectivity index (χ1v) is 10.4. The zero-order valence-electron chi connectivity index (χ0n) is 18.1. The molecule has 0 fully saturated rings. The van der Waals surface area contributed by atoms with E-state index < -0.39 is 0 Å². The summed E-state index contributed by atoms with van der Waals surface area (Å²) < 4.78 is 0. The number of hydrogen-bond donors (Lipinski definition) is 2. The van der Waals surface area contributed by atoms with Crippen molar-refractivity contribution in [1.29, 1.82) is 0 Å². The van der Waals surface area contributed by atoms with Crippen LogP contribution in [0.4, 0.5) is 0 Å². The van der Waals surface area contributed by atoms with E-state index in [1.807, 2.05) is 79.0 Å². The van der Waals surface area contributed by atoms with Gasteiger partial charge in [0, 0.05) is 37.6 Å². The Morgan fingerprint density at radius 1 is 0.750 bits per heavy atom. The molecule has 2 N–H and O–H groups in total. The third kappa shape index (κ3) is 7.47. The SMILES string of the molecule is CC(O)CC(C)O.[Ir].[c-]1ccccc1-c1ncc(-c2ccccc2)nc1-c1ccccc1. The van der Waals surface area contributed by atoms with Crippen LogP contribution in [0, 0.1) is 6.07 Å². The van der Waals surface area contributed by atoms with Crippen molar-refractivity contribution in [3.05, 3.63) is 97.2 Å². The fourth-order valence-corrected chi connectivity index (χ4v) is 3.17. The summed E-state index contributed by atoms with van der Waals surface area (Å²) in [4.78, 5) is 9.61. The van der Waals surface area contributed by atoms with Crippen molar-refractivity contribution in [3.8, 4) is 33.8 Å². The average molecular weight is 604 g/mol. The van der Waals surface area contributed by atoms with E-state index in [9.17, 15) is 0 Å². The van der Waals surface area contributed by atoms with E-state index in [1.54, 1.807) is 13.8 Å². The molecule has 0 saturated carbocycles. The molecule has 5 heteroatoms. The van der Waals surface area contributed by atoms with Gasteiger partial charge in [0.1, 0.15) is 0 Å². The molecule has 1 aromatic heterocycles. The summed E-state index contributed by atoms with van der Waals surface area (Å²) >= 11 is 0. The zero-order valence-corrected chi connectivity index (χ0v) is 20.5. The molecule has 0 saturated heterocycles. The molecule has 0 bridgehead atoms. The fraction of sp³-hybridized carbons (Fsp3) is 0.185. The third-order valence-electron chi connectivity index (χ3n) is 4.54. The van der Waals surface area contributed by atoms with Crippen molar-refractivity contribution in [3.63, 3.8) is 0 Å². The molecule has 4 nitrogen and oxygen atoms in total. The van der Waals surface area contributed by atoms with Gasteiger partial charge in [-0.25, -0.2) is 0 Å². The van der Waals surface area contributed by atoms with Gasteiger partial charge in [-0.3, -0.25) is 4.98 Å². The van der Waals surface area contributed by atoms with Gasteiger partial charge in [0.25, 0.3) is 0 Å². The van der Waals surface area contributed by atoms with Gasteiger partial charge in [-0.05, 0) is 25.8 Å². The van der Waals surface area contributed by atoms with E-state index in [0.717, 1.165) is 33.8 Å². The van der Waals surface area contributed by atoms with Crippen LogP contribution in [0.3, 0.4) is 0 Å². The van der Waals surface area contributed by atoms with E-state index in [0.29, 0.717) is 6.42 Å². The third-order valence-corrected chi connectivity index (χ3v) is 4.54. The maximum atomic E-state index is 8.56. The molecule has 0 spiro atoms. The second kappa shape index (κ2) is 13.0. The van der Waals surface area contributed by atoms with Gasteiger partial charge >= 0.3 is 0 Å². The van der Waals surface area contributed by atoms with Gasteiger partial charge in [-0.1, -0.05) is 60.7 Å². The number of rotatable bonds is 5. The van der Waals surface area contributed by atoms with Crippen molar-refractivity contribution in [2.75, 3.05) is 0 Å². The first kappa shape index (κ1) is 25.6. The minimum atomic E-state index is -0.375. The maximum absolute atomic E-state index is 8.56. The second-order valence-electron chi connectivity index (χ2n) is 7.39. The average Bonchev–Trinajstić information content (AvgIpc) is 2.80. The van der Waals surface area contributed by atoms with Crippen LogP contribution in [0.15, 0.2) is 91.1 Å². The molecule has 3 aromatic carbocycles. The molecule has 0 aliphatic carbocycles. The summed E-state index contributed by atoms with van der Waals surface area (Å²) in [5.74, 6) is 0. The quantitative estimate of drug-likeness (QED) is 0.300. The van der Waals surface area contributed by atoms with E-state index >= 15 is 0 Å². The molecule has 4 aromatic rings. The Hall–Kier alpha value is -2.69. The Bertz CT molecular complexity index is 1050. The Morgan fingerprint density at radius 3 is 1.81 bits per heavy atom. The van der Waals surface area contributed by atoms with Crippen molar-refractivity contribution in [1.82, 2.24) is 9.97 Å². The van der Waals surface area contributed by atoms with Gasteiger partial charge in [-0.15, -0.1) is 35.9 Å². The smallest absolute Gasteiger partial charge is 0.0873 e. The predicted octanol–water partition coefficient (Wildman–Crippen LogP) is 5.41. The predicted molar refractivity (Wildman–Crippen MR) is 125 cm³/mol. The van der Waals surface area contributed by atoms with Gasteiger partial charge in [0.05, 0.1) is 23.6 Å². The van der Waals surface area contributed by atoms with Crippen LogP contribution < -0.4 is 0 Å². The molecule has 0 aliphatic rings. The number of benzene rings is 3. The van der Waals surface area contributed by atoms with E-state index in [-0.39, 0.29) is 32.3 Å². The largest absolute Gasteiger partial charge is 0.393 e. The molecule has 167 valence electrons.